The molecule has 1 amide bonds. The molecule has 168 valence electrons. The summed E-state index contributed by atoms with van der Waals surface area (Å²) in [7, 11) is 0. The minimum Gasteiger partial charge on any atom is -0.357 e. The summed E-state index contributed by atoms with van der Waals surface area (Å²) in [4.78, 5) is 22.8. The highest BCUT2D eigenvalue weighted by molar-refractivity contribution is 5.80. The number of imidazole rings is 1. The Morgan fingerprint density at radius 1 is 1.09 bits per heavy atom. The van der Waals surface area contributed by atoms with Gasteiger partial charge in [0, 0.05) is 39.1 Å². The lowest BCUT2D eigenvalue weighted by atomic mass is 10.1. The van der Waals surface area contributed by atoms with E-state index < -0.39 is 0 Å². The van der Waals surface area contributed by atoms with E-state index in [1.54, 1.807) is 0 Å². The molecule has 0 radical (unpaired) electrons. The van der Waals surface area contributed by atoms with Crippen molar-refractivity contribution in [2.24, 2.45) is 4.99 Å². The normalized spacial score (nSPS) is 14.3. The SMILES string of the molecule is CCNC(=NCc1ccc(Cn2cnc3ccccc32)cc1)NCCCN1CCCC1=O. The topological polar surface area (TPSA) is 74.6 Å². The number of guanidine groups is 1. The number of aromatic nitrogens is 2. The number of amides is 1. The van der Waals surface area contributed by atoms with E-state index >= 15 is 0 Å². The average Bonchev–Trinajstić information content (AvgIpc) is 3.42. The quantitative estimate of drug-likeness (QED) is 0.309. The van der Waals surface area contributed by atoms with Crippen LogP contribution in [0.3, 0.4) is 0 Å². The molecule has 4 rings (SSSR count). The number of hydrogen-bond donors (Lipinski definition) is 2. The molecule has 1 fully saturated rings. The fourth-order valence-electron chi connectivity index (χ4n) is 4.01. The smallest absolute Gasteiger partial charge is 0.222 e. The Bertz CT molecular complexity index is 1060. The van der Waals surface area contributed by atoms with E-state index in [1.165, 1.54) is 11.1 Å². The number of carbonyl (C=O) groups excluding carboxylic acids is 1. The number of nitrogens with zero attached hydrogens (tertiary/aromatic N) is 4. The van der Waals surface area contributed by atoms with Crippen LogP contribution in [0.15, 0.2) is 59.9 Å². The molecule has 1 aliphatic rings. The minimum atomic E-state index is 0.287. The summed E-state index contributed by atoms with van der Waals surface area (Å²) < 4.78 is 2.17. The fraction of sp³-hybridized carbons (Fsp3) is 0.400. The van der Waals surface area contributed by atoms with Crippen LogP contribution < -0.4 is 10.6 Å². The second-order valence-electron chi connectivity index (χ2n) is 8.14. The number of aliphatic imine (C=N–C) groups is 1. The van der Waals surface area contributed by atoms with Crippen molar-refractivity contribution >= 4 is 22.9 Å². The van der Waals surface area contributed by atoms with Gasteiger partial charge in [-0.15, -0.1) is 0 Å². The predicted molar refractivity (Wildman–Crippen MR) is 129 cm³/mol. The molecule has 2 aromatic carbocycles. The molecular weight excluding hydrogens is 400 g/mol. The van der Waals surface area contributed by atoms with Gasteiger partial charge in [0.15, 0.2) is 5.96 Å². The van der Waals surface area contributed by atoms with Crippen LogP contribution in [0.4, 0.5) is 0 Å². The largest absolute Gasteiger partial charge is 0.357 e. The molecule has 7 nitrogen and oxygen atoms in total. The second kappa shape index (κ2) is 10.8. The maximum Gasteiger partial charge on any atom is 0.222 e. The summed E-state index contributed by atoms with van der Waals surface area (Å²) in [6.45, 7) is 6.82. The number of nitrogens with one attached hydrogen (secondary N) is 2. The first-order chi connectivity index (χ1) is 15.7. The van der Waals surface area contributed by atoms with Gasteiger partial charge in [0.2, 0.25) is 5.91 Å². The molecule has 2 heterocycles. The Morgan fingerprint density at radius 2 is 1.91 bits per heavy atom. The third-order valence-electron chi connectivity index (χ3n) is 5.74. The molecule has 0 bridgehead atoms. The van der Waals surface area contributed by atoms with Crippen molar-refractivity contribution in [1.82, 2.24) is 25.1 Å². The molecular formula is C25H32N6O. The van der Waals surface area contributed by atoms with Gasteiger partial charge in [-0.1, -0.05) is 36.4 Å². The molecule has 7 heteroatoms. The lowest BCUT2D eigenvalue weighted by Gasteiger charge is -2.16. The summed E-state index contributed by atoms with van der Waals surface area (Å²) in [6, 6.07) is 16.8. The standard InChI is InChI=1S/C25H32N6O/c1-2-26-25(27-14-6-16-30-15-5-9-24(30)32)28-17-20-10-12-21(13-11-20)18-31-19-29-22-7-3-4-8-23(22)31/h3-4,7-8,10-13,19H,2,5-6,9,14-18H2,1H3,(H2,26,27,28). The van der Waals surface area contributed by atoms with Crippen LogP contribution in [0.2, 0.25) is 0 Å². The molecule has 0 saturated carbocycles. The zero-order chi connectivity index (χ0) is 22.2. The van der Waals surface area contributed by atoms with E-state index in [2.05, 4.69) is 57.4 Å². The van der Waals surface area contributed by atoms with E-state index in [-0.39, 0.29) is 5.91 Å². The Labute approximate surface area is 189 Å². The first-order valence-electron chi connectivity index (χ1n) is 11.5. The number of benzene rings is 2. The van der Waals surface area contributed by atoms with Gasteiger partial charge in [0.1, 0.15) is 0 Å². The van der Waals surface area contributed by atoms with Gasteiger partial charge < -0.3 is 20.1 Å². The van der Waals surface area contributed by atoms with Crippen molar-refractivity contribution in [3.8, 4) is 0 Å². The lowest BCUT2D eigenvalue weighted by molar-refractivity contribution is -0.127. The van der Waals surface area contributed by atoms with Gasteiger partial charge >= 0.3 is 0 Å². The second-order valence-corrected chi connectivity index (χ2v) is 8.14. The monoisotopic (exact) mass is 432 g/mol. The Balaban J connectivity index is 1.28. The van der Waals surface area contributed by atoms with E-state index in [9.17, 15) is 4.79 Å². The maximum absolute atomic E-state index is 11.7. The highest BCUT2D eigenvalue weighted by atomic mass is 16.2. The highest BCUT2D eigenvalue weighted by Crippen LogP contribution is 2.15. The third kappa shape index (κ3) is 5.66. The van der Waals surface area contributed by atoms with E-state index in [0.717, 1.165) is 62.6 Å². The molecule has 1 aliphatic heterocycles. The molecule has 1 saturated heterocycles. The van der Waals surface area contributed by atoms with E-state index in [0.29, 0.717) is 13.0 Å². The van der Waals surface area contributed by atoms with E-state index in [4.69, 9.17) is 4.99 Å². The van der Waals surface area contributed by atoms with Crippen molar-refractivity contribution in [1.29, 1.82) is 0 Å². The summed E-state index contributed by atoms with van der Waals surface area (Å²) >= 11 is 0. The van der Waals surface area contributed by atoms with Gasteiger partial charge in [-0.2, -0.15) is 0 Å². The first kappa shape index (κ1) is 21.9. The number of fused-ring (bicyclic) bond motifs is 1. The minimum absolute atomic E-state index is 0.287. The molecule has 1 aromatic heterocycles. The van der Waals surface area contributed by atoms with Crippen molar-refractivity contribution in [3.63, 3.8) is 0 Å². The fourth-order valence-corrected chi connectivity index (χ4v) is 4.01. The first-order valence-corrected chi connectivity index (χ1v) is 11.5. The lowest BCUT2D eigenvalue weighted by Crippen LogP contribution is -2.39. The molecule has 0 aliphatic carbocycles. The maximum atomic E-state index is 11.7. The van der Waals surface area contributed by atoms with Crippen LogP contribution in [0.25, 0.3) is 11.0 Å². The molecule has 0 atom stereocenters. The van der Waals surface area contributed by atoms with Crippen LogP contribution in [0, 0.1) is 0 Å². The van der Waals surface area contributed by atoms with Crippen molar-refractivity contribution < 1.29 is 4.79 Å². The molecule has 0 spiro atoms. The van der Waals surface area contributed by atoms with E-state index in [1.807, 2.05) is 29.4 Å². The summed E-state index contributed by atoms with van der Waals surface area (Å²) in [6.07, 6.45) is 4.52. The predicted octanol–water partition coefficient (Wildman–Crippen LogP) is 3.15. The Morgan fingerprint density at radius 3 is 2.69 bits per heavy atom. The summed E-state index contributed by atoms with van der Waals surface area (Å²) in [5, 5.41) is 6.67. The van der Waals surface area contributed by atoms with Gasteiger partial charge in [-0.25, -0.2) is 9.98 Å². The molecule has 0 unspecified atom stereocenters. The summed E-state index contributed by atoms with van der Waals surface area (Å²) in [5.41, 5.74) is 4.58. The van der Waals surface area contributed by atoms with Crippen LogP contribution in [-0.2, 0) is 17.9 Å². The number of rotatable bonds is 9. The van der Waals surface area contributed by atoms with Crippen molar-refractivity contribution in [2.45, 2.75) is 39.3 Å². The van der Waals surface area contributed by atoms with Gasteiger partial charge in [-0.05, 0) is 43.0 Å². The van der Waals surface area contributed by atoms with Crippen molar-refractivity contribution in [2.75, 3.05) is 26.2 Å². The van der Waals surface area contributed by atoms with Gasteiger partial charge in [0.05, 0.1) is 23.9 Å². The highest BCUT2D eigenvalue weighted by Gasteiger charge is 2.18. The Kier molecular flexibility index (Phi) is 7.38. The molecule has 3 aromatic rings. The zero-order valence-corrected chi connectivity index (χ0v) is 18.8. The average molecular weight is 433 g/mol. The van der Waals surface area contributed by atoms with Crippen LogP contribution in [0.1, 0.15) is 37.3 Å². The Hall–Kier alpha value is -3.35. The van der Waals surface area contributed by atoms with Gasteiger partial charge in [0.25, 0.3) is 0 Å². The number of hydrogen-bond acceptors (Lipinski definition) is 3. The van der Waals surface area contributed by atoms with Crippen LogP contribution in [0.5, 0.6) is 0 Å². The van der Waals surface area contributed by atoms with Crippen molar-refractivity contribution in [3.05, 3.63) is 66.0 Å². The van der Waals surface area contributed by atoms with Crippen LogP contribution >= 0.6 is 0 Å². The zero-order valence-electron chi connectivity index (χ0n) is 18.8. The number of para-hydroxylation sites is 2. The summed E-state index contributed by atoms with van der Waals surface area (Å²) in [5.74, 6) is 1.10. The number of carbonyl (C=O) groups is 1. The van der Waals surface area contributed by atoms with Crippen LogP contribution in [-0.4, -0.2) is 52.5 Å². The molecule has 32 heavy (non-hydrogen) atoms. The molecule has 2 N–H and O–H groups in total. The van der Waals surface area contributed by atoms with Gasteiger partial charge in [-0.3, -0.25) is 4.79 Å². The third-order valence-corrected chi connectivity index (χ3v) is 5.74. The number of likely N-dealkylation sites (tertiary alicyclic amines) is 1.